The van der Waals surface area contributed by atoms with Crippen LogP contribution in [0.1, 0.15) is 25.7 Å². The topological polar surface area (TPSA) is 29.5 Å². The fourth-order valence-corrected chi connectivity index (χ4v) is 2.98. The molecule has 0 aliphatic heterocycles. The van der Waals surface area contributed by atoms with Gasteiger partial charge in [0.1, 0.15) is 11.9 Å². The first-order chi connectivity index (χ1) is 6.22. The number of nitrogens with zero attached hydrogens (tertiary/aromatic N) is 1. The number of halogens is 1. The predicted octanol–water partition coefficient (Wildman–Crippen LogP) is 2.40. The van der Waals surface area contributed by atoms with Gasteiger partial charge in [-0.25, -0.2) is 4.79 Å². The summed E-state index contributed by atoms with van der Waals surface area (Å²) in [7, 11) is 1.77. The van der Waals surface area contributed by atoms with E-state index < -0.39 is 6.09 Å². The van der Waals surface area contributed by atoms with Crippen molar-refractivity contribution in [3.8, 4) is 0 Å². The van der Waals surface area contributed by atoms with Crippen molar-refractivity contribution in [3.63, 3.8) is 0 Å². The second-order valence-corrected chi connectivity index (χ2v) is 4.35. The number of rotatable bonds is 1. The molecule has 3 unspecified atom stereocenters. The molecule has 3 atom stereocenters. The molecule has 0 aromatic carbocycles. The van der Waals surface area contributed by atoms with Gasteiger partial charge in [0.2, 0.25) is 0 Å². The number of amides is 1. The standard InChI is InChI=1S/C9H14ClNO2/c1-11(9(12)13-10)8-5-6-2-3-7(8)4-6/h6-8H,2-5H2,1H3. The molecule has 2 saturated carbocycles. The minimum absolute atomic E-state index is 0.366. The SMILES string of the molecule is CN(C(=O)OCl)C1CC2CCC1C2. The van der Waals surface area contributed by atoms with Crippen LogP contribution >= 0.6 is 11.9 Å². The Kier molecular flexibility index (Phi) is 2.37. The molecule has 0 saturated heterocycles. The first-order valence-corrected chi connectivity index (χ1v) is 5.08. The minimum Gasteiger partial charge on any atom is -0.330 e. The Morgan fingerprint density at radius 2 is 2.23 bits per heavy atom. The van der Waals surface area contributed by atoms with Gasteiger partial charge in [0.15, 0.2) is 0 Å². The van der Waals surface area contributed by atoms with E-state index in [1.807, 2.05) is 0 Å². The van der Waals surface area contributed by atoms with E-state index in [2.05, 4.69) is 4.29 Å². The molecule has 2 aliphatic carbocycles. The van der Waals surface area contributed by atoms with Crippen molar-refractivity contribution in [3.05, 3.63) is 0 Å². The van der Waals surface area contributed by atoms with E-state index in [4.69, 9.17) is 11.9 Å². The Morgan fingerprint density at radius 3 is 2.69 bits per heavy atom. The number of carbonyl (C=O) groups excluding carboxylic acids is 1. The summed E-state index contributed by atoms with van der Waals surface area (Å²) in [5.41, 5.74) is 0. The average molecular weight is 204 g/mol. The zero-order valence-electron chi connectivity index (χ0n) is 7.70. The third-order valence-corrected chi connectivity index (χ3v) is 3.68. The van der Waals surface area contributed by atoms with Gasteiger partial charge in [0.25, 0.3) is 0 Å². The number of hydrogen-bond donors (Lipinski definition) is 0. The van der Waals surface area contributed by atoms with Crippen molar-refractivity contribution >= 4 is 18.0 Å². The summed E-state index contributed by atoms with van der Waals surface area (Å²) in [6, 6.07) is 0.366. The lowest BCUT2D eigenvalue weighted by Gasteiger charge is -2.29. The van der Waals surface area contributed by atoms with Crippen molar-refractivity contribution in [1.29, 1.82) is 0 Å². The van der Waals surface area contributed by atoms with Crippen LogP contribution in [0.3, 0.4) is 0 Å². The molecule has 74 valence electrons. The summed E-state index contributed by atoms with van der Waals surface area (Å²) >= 11 is 5.04. The fourth-order valence-electron chi connectivity index (χ4n) is 2.88. The molecule has 2 aliphatic rings. The van der Waals surface area contributed by atoms with E-state index in [1.165, 1.54) is 19.3 Å². The summed E-state index contributed by atoms with van der Waals surface area (Å²) in [6.07, 6.45) is 4.59. The Labute approximate surface area is 83.2 Å². The maximum atomic E-state index is 11.1. The molecular weight excluding hydrogens is 190 g/mol. The first kappa shape index (κ1) is 9.13. The lowest BCUT2D eigenvalue weighted by Crippen LogP contribution is -2.39. The number of hydrogen-bond acceptors (Lipinski definition) is 2. The quantitative estimate of drug-likeness (QED) is 0.655. The lowest BCUT2D eigenvalue weighted by molar-refractivity contribution is 0.131. The third-order valence-electron chi connectivity index (χ3n) is 3.55. The highest BCUT2D eigenvalue weighted by Crippen LogP contribution is 2.46. The molecule has 2 fully saturated rings. The summed E-state index contributed by atoms with van der Waals surface area (Å²) in [5, 5.41) is 0. The van der Waals surface area contributed by atoms with Crippen LogP contribution in [0.25, 0.3) is 0 Å². The summed E-state index contributed by atoms with van der Waals surface area (Å²) < 4.78 is 4.19. The van der Waals surface area contributed by atoms with Crippen LogP contribution in [0.5, 0.6) is 0 Å². The molecule has 0 spiro atoms. The Hall–Kier alpha value is -0.440. The van der Waals surface area contributed by atoms with Gasteiger partial charge in [-0.3, -0.25) is 0 Å². The molecule has 0 aromatic heterocycles. The van der Waals surface area contributed by atoms with E-state index >= 15 is 0 Å². The molecule has 2 bridgehead atoms. The second-order valence-electron chi connectivity index (χ2n) is 4.20. The maximum absolute atomic E-state index is 11.1. The van der Waals surface area contributed by atoms with Crippen molar-refractivity contribution < 1.29 is 9.08 Å². The van der Waals surface area contributed by atoms with Gasteiger partial charge in [-0.1, -0.05) is 6.42 Å². The normalized spacial score (nSPS) is 36.3. The highest BCUT2D eigenvalue weighted by Gasteiger charge is 2.42. The van der Waals surface area contributed by atoms with Crippen LogP contribution in [0.15, 0.2) is 0 Å². The lowest BCUT2D eigenvalue weighted by atomic mass is 9.95. The van der Waals surface area contributed by atoms with E-state index in [-0.39, 0.29) is 0 Å². The Balaban J connectivity index is 1.98. The Morgan fingerprint density at radius 1 is 1.46 bits per heavy atom. The van der Waals surface area contributed by atoms with Gasteiger partial charge >= 0.3 is 6.09 Å². The van der Waals surface area contributed by atoms with Gasteiger partial charge < -0.3 is 9.19 Å². The molecule has 1 amide bonds. The van der Waals surface area contributed by atoms with Crippen molar-refractivity contribution in [2.45, 2.75) is 31.7 Å². The molecular formula is C9H14ClNO2. The second kappa shape index (κ2) is 3.37. The molecule has 4 heteroatoms. The molecule has 0 N–H and O–H groups in total. The fraction of sp³-hybridized carbons (Fsp3) is 0.889. The van der Waals surface area contributed by atoms with Gasteiger partial charge in [-0.2, -0.15) is 0 Å². The van der Waals surface area contributed by atoms with Crippen LogP contribution in [0, 0.1) is 11.8 Å². The maximum Gasteiger partial charge on any atom is 0.428 e. The molecule has 0 heterocycles. The van der Waals surface area contributed by atoms with Crippen molar-refractivity contribution in [2.75, 3.05) is 7.05 Å². The third kappa shape index (κ3) is 1.50. The van der Waals surface area contributed by atoms with Gasteiger partial charge in [-0.15, -0.1) is 0 Å². The molecule has 0 aromatic rings. The van der Waals surface area contributed by atoms with Crippen LogP contribution in [-0.2, 0) is 4.29 Å². The highest BCUT2D eigenvalue weighted by molar-refractivity contribution is 6.12. The van der Waals surface area contributed by atoms with Crippen molar-refractivity contribution in [1.82, 2.24) is 4.90 Å². The Bertz CT molecular complexity index is 222. The molecule has 2 rings (SSSR count). The van der Waals surface area contributed by atoms with Crippen LogP contribution in [0.4, 0.5) is 4.79 Å². The minimum atomic E-state index is -0.417. The van der Waals surface area contributed by atoms with Gasteiger partial charge in [-0.05, 0) is 31.1 Å². The van der Waals surface area contributed by atoms with E-state index in [1.54, 1.807) is 11.9 Å². The van der Waals surface area contributed by atoms with E-state index in [9.17, 15) is 4.79 Å². The van der Waals surface area contributed by atoms with E-state index in [0.717, 1.165) is 12.3 Å². The first-order valence-electron chi connectivity index (χ1n) is 4.77. The highest BCUT2D eigenvalue weighted by atomic mass is 35.5. The van der Waals surface area contributed by atoms with Crippen LogP contribution in [-0.4, -0.2) is 24.1 Å². The molecule has 0 radical (unpaired) electrons. The summed E-state index contributed by atoms with van der Waals surface area (Å²) in [5.74, 6) is 1.52. The monoisotopic (exact) mass is 203 g/mol. The van der Waals surface area contributed by atoms with Gasteiger partial charge in [0.05, 0.1) is 0 Å². The number of carbonyl (C=O) groups is 1. The number of fused-ring (bicyclic) bond motifs is 2. The van der Waals surface area contributed by atoms with Crippen LogP contribution in [0.2, 0.25) is 0 Å². The zero-order chi connectivity index (χ0) is 9.42. The largest absolute Gasteiger partial charge is 0.428 e. The zero-order valence-corrected chi connectivity index (χ0v) is 8.46. The summed E-state index contributed by atoms with van der Waals surface area (Å²) in [4.78, 5) is 12.8. The average Bonchev–Trinajstić information content (AvgIpc) is 2.76. The smallest absolute Gasteiger partial charge is 0.330 e. The van der Waals surface area contributed by atoms with Gasteiger partial charge in [0, 0.05) is 13.1 Å². The van der Waals surface area contributed by atoms with Crippen LogP contribution < -0.4 is 0 Å². The molecule has 13 heavy (non-hydrogen) atoms. The van der Waals surface area contributed by atoms with Crippen molar-refractivity contribution in [2.24, 2.45) is 11.8 Å². The summed E-state index contributed by atoms with van der Waals surface area (Å²) in [6.45, 7) is 0. The molecule has 3 nitrogen and oxygen atoms in total. The van der Waals surface area contributed by atoms with E-state index in [0.29, 0.717) is 12.0 Å². The predicted molar refractivity (Wildman–Crippen MR) is 49.3 cm³/mol.